The van der Waals surface area contributed by atoms with Crippen molar-refractivity contribution in [2.75, 3.05) is 30.0 Å². The zero-order chi connectivity index (χ0) is 22.4. The summed E-state index contributed by atoms with van der Waals surface area (Å²) in [5.41, 5.74) is 14.3. The number of ether oxygens (including phenoxy) is 2. The molecule has 168 valence electrons. The molecule has 2 aromatic carbocycles. The lowest BCUT2D eigenvalue weighted by Crippen LogP contribution is -2.51. The highest BCUT2D eigenvalue weighted by Crippen LogP contribution is 2.44. The molecular formula is C24H28ClN5O2. The lowest BCUT2D eigenvalue weighted by Gasteiger charge is -2.47. The van der Waals surface area contributed by atoms with Crippen LogP contribution >= 0.6 is 11.6 Å². The van der Waals surface area contributed by atoms with Crippen LogP contribution in [0.15, 0.2) is 60.7 Å². The summed E-state index contributed by atoms with van der Waals surface area (Å²) in [6, 6.07) is 20.5. The Kier molecular flexibility index (Phi) is 7.09. The van der Waals surface area contributed by atoms with Gasteiger partial charge in [-0.05, 0) is 24.0 Å². The molecule has 0 bridgehead atoms. The molecule has 0 spiro atoms. The first-order valence-electron chi connectivity index (χ1n) is 10.6. The van der Waals surface area contributed by atoms with Crippen LogP contribution in [0.1, 0.15) is 24.0 Å². The van der Waals surface area contributed by atoms with Gasteiger partial charge in [-0.2, -0.15) is 9.97 Å². The van der Waals surface area contributed by atoms with E-state index in [0.717, 1.165) is 24.0 Å². The standard InChI is InChI=1S/C24H28ClN5O2/c25-21-20(26)22(30-23(27)29-21)28-19-11-24(12-19,15-31-13-17-7-3-1-4-8-17)16-32-14-18-9-5-2-6-10-18/h1-10,19H,11-16,26H2,(H3,27,28,29,30). The van der Waals surface area contributed by atoms with E-state index in [1.165, 1.54) is 0 Å². The topological polar surface area (TPSA) is 108 Å². The second-order valence-corrected chi connectivity index (χ2v) is 8.70. The minimum absolute atomic E-state index is 0.0850. The van der Waals surface area contributed by atoms with Gasteiger partial charge in [-0.15, -0.1) is 0 Å². The van der Waals surface area contributed by atoms with Crippen molar-refractivity contribution in [3.8, 4) is 0 Å². The molecule has 32 heavy (non-hydrogen) atoms. The van der Waals surface area contributed by atoms with E-state index in [4.69, 9.17) is 32.5 Å². The highest BCUT2D eigenvalue weighted by molar-refractivity contribution is 6.32. The highest BCUT2D eigenvalue weighted by atomic mass is 35.5. The molecular weight excluding hydrogens is 426 g/mol. The van der Waals surface area contributed by atoms with Gasteiger partial charge >= 0.3 is 0 Å². The fourth-order valence-electron chi connectivity index (χ4n) is 4.05. The third-order valence-electron chi connectivity index (χ3n) is 5.66. The highest BCUT2D eigenvalue weighted by Gasteiger charge is 2.45. The summed E-state index contributed by atoms with van der Waals surface area (Å²) in [6.07, 6.45) is 1.72. The predicted octanol–water partition coefficient (Wildman–Crippen LogP) is 4.29. The number of halogens is 1. The summed E-state index contributed by atoms with van der Waals surface area (Å²) in [6.45, 7) is 2.36. The Labute approximate surface area is 193 Å². The smallest absolute Gasteiger partial charge is 0.223 e. The number of aromatic nitrogens is 2. The molecule has 1 saturated carbocycles. The molecule has 0 radical (unpaired) electrons. The Balaban J connectivity index is 1.36. The van der Waals surface area contributed by atoms with E-state index in [2.05, 4.69) is 39.6 Å². The fraction of sp³-hybridized carbons (Fsp3) is 0.333. The number of anilines is 3. The maximum atomic E-state index is 6.09. The van der Waals surface area contributed by atoms with E-state index < -0.39 is 0 Å². The maximum Gasteiger partial charge on any atom is 0.223 e. The Hall–Kier alpha value is -2.87. The van der Waals surface area contributed by atoms with E-state index >= 15 is 0 Å². The van der Waals surface area contributed by atoms with Gasteiger partial charge in [0.25, 0.3) is 0 Å². The van der Waals surface area contributed by atoms with Crippen molar-refractivity contribution in [2.45, 2.75) is 32.1 Å². The lowest BCUT2D eigenvalue weighted by molar-refractivity contribution is -0.0791. The van der Waals surface area contributed by atoms with Crippen molar-refractivity contribution in [2.24, 2.45) is 5.41 Å². The third kappa shape index (κ3) is 5.68. The van der Waals surface area contributed by atoms with Crippen molar-refractivity contribution in [1.82, 2.24) is 9.97 Å². The zero-order valence-electron chi connectivity index (χ0n) is 17.8. The van der Waals surface area contributed by atoms with E-state index in [9.17, 15) is 0 Å². The van der Waals surface area contributed by atoms with Gasteiger partial charge in [0, 0.05) is 11.5 Å². The molecule has 7 nitrogen and oxygen atoms in total. The maximum absolute atomic E-state index is 6.09. The molecule has 5 N–H and O–H groups in total. The van der Waals surface area contributed by atoms with Crippen LogP contribution in [-0.4, -0.2) is 29.2 Å². The molecule has 1 aromatic heterocycles. The van der Waals surface area contributed by atoms with Gasteiger partial charge in [0.1, 0.15) is 5.69 Å². The quantitative estimate of drug-likeness (QED) is 0.393. The lowest BCUT2D eigenvalue weighted by atomic mass is 9.66. The van der Waals surface area contributed by atoms with Crippen LogP contribution in [0.25, 0.3) is 0 Å². The van der Waals surface area contributed by atoms with Gasteiger partial charge < -0.3 is 26.3 Å². The number of hydrogen-bond donors (Lipinski definition) is 3. The van der Waals surface area contributed by atoms with E-state index in [0.29, 0.717) is 37.9 Å². The first-order chi connectivity index (χ1) is 15.5. The number of nitrogen functional groups attached to an aromatic ring is 2. The number of nitrogens with two attached hydrogens (primary N) is 2. The molecule has 0 amide bonds. The van der Waals surface area contributed by atoms with Gasteiger partial charge in [0.2, 0.25) is 5.95 Å². The van der Waals surface area contributed by atoms with Crippen LogP contribution in [0.5, 0.6) is 0 Å². The first-order valence-corrected chi connectivity index (χ1v) is 11.0. The van der Waals surface area contributed by atoms with E-state index in [1.54, 1.807) is 0 Å². The van der Waals surface area contributed by atoms with Crippen molar-refractivity contribution < 1.29 is 9.47 Å². The van der Waals surface area contributed by atoms with Crippen LogP contribution in [0.3, 0.4) is 0 Å². The Morgan fingerprint density at radius 1 is 0.875 bits per heavy atom. The average molecular weight is 454 g/mol. The largest absolute Gasteiger partial charge is 0.393 e. The van der Waals surface area contributed by atoms with Gasteiger partial charge in [-0.25, -0.2) is 0 Å². The molecule has 4 rings (SSSR count). The van der Waals surface area contributed by atoms with Gasteiger partial charge in [0.05, 0.1) is 26.4 Å². The molecule has 1 fully saturated rings. The van der Waals surface area contributed by atoms with E-state index in [-0.39, 0.29) is 22.6 Å². The van der Waals surface area contributed by atoms with Crippen molar-refractivity contribution in [3.63, 3.8) is 0 Å². The summed E-state index contributed by atoms with van der Waals surface area (Å²) in [5.74, 6) is 0.561. The SMILES string of the molecule is Nc1nc(Cl)c(N)c(NC2CC(COCc3ccccc3)(COCc3ccccc3)C2)n1. The second kappa shape index (κ2) is 10.2. The summed E-state index contributed by atoms with van der Waals surface area (Å²) in [7, 11) is 0. The van der Waals surface area contributed by atoms with Crippen LogP contribution < -0.4 is 16.8 Å². The Morgan fingerprint density at radius 3 is 1.94 bits per heavy atom. The number of nitrogens with zero attached hydrogens (tertiary/aromatic N) is 2. The summed E-state index contributed by atoms with van der Waals surface area (Å²) in [4.78, 5) is 8.07. The Bertz CT molecular complexity index is 966. The van der Waals surface area contributed by atoms with Gasteiger partial charge in [-0.3, -0.25) is 0 Å². The van der Waals surface area contributed by atoms with Gasteiger partial charge in [0.15, 0.2) is 11.0 Å². The molecule has 0 unspecified atom stereocenters. The average Bonchev–Trinajstić information content (AvgIpc) is 2.77. The van der Waals surface area contributed by atoms with Crippen LogP contribution in [0.2, 0.25) is 5.15 Å². The minimum Gasteiger partial charge on any atom is -0.393 e. The summed E-state index contributed by atoms with van der Waals surface area (Å²) in [5, 5.41) is 3.50. The molecule has 1 aliphatic rings. The van der Waals surface area contributed by atoms with Crippen molar-refractivity contribution in [3.05, 3.63) is 76.9 Å². The molecule has 8 heteroatoms. The number of hydrogen-bond acceptors (Lipinski definition) is 7. The normalized spacial score (nSPS) is 15.3. The molecule has 0 saturated heterocycles. The number of rotatable bonds is 10. The monoisotopic (exact) mass is 453 g/mol. The summed E-state index contributed by atoms with van der Waals surface area (Å²) >= 11 is 6.04. The van der Waals surface area contributed by atoms with Crippen molar-refractivity contribution >= 4 is 29.1 Å². The third-order valence-corrected chi connectivity index (χ3v) is 5.94. The van der Waals surface area contributed by atoms with Crippen LogP contribution in [0.4, 0.5) is 17.5 Å². The molecule has 0 aliphatic heterocycles. The predicted molar refractivity (Wildman–Crippen MR) is 127 cm³/mol. The molecule has 1 heterocycles. The molecule has 0 atom stereocenters. The van der Waals surface area contributed by atoms with E-state index in [1.807, 2.05) is 36.4 Å². The van der Waals surface area contributed by atoms with Crippen LogP contribution in [-0.2, 0) is 22.7 Å². The molecule has 1 aliphatic carbocycles. The molecule has 3 aromatic rings. The number of nitrogens with one attached hydrogen (secondary N) is 1. The fourth-order valence-corrected chi connectivity index (χ4v) is 4.22. The second-order valence-electron chi connectivity index (χ2n) is 8.34. The summed E-state index contributed by atoms with van der Waals surface area (Å²) < 4.78 is 12.2. The van der Waals surface area contributed by atoms with Gasteiger partial charge in [-0.1, -0.05) is 72.3 Å². The zero-order valence-corrected chi connectivity index (χ0v) is 18.6. The Morgan fingerprint density at radius 2 is 1.41 bits per heavy atom. The minimum atomic E-state index is -0.0850. The first kappa shape index (κ1) is 22.3. The number of benzene rings is 2. The van der Waals surface area contributed by atoms with Crippen molar-refractivity contribution in [1.29, 1.82) is 0 Å². The van der Waals surface area contributed by atoms with Crippen LogP contribution in [0, 0.1) is 5.41 Å².